The summed E-state index contributed by atoms with van der Waals surface area (Å²) in [6.07, 6.45) is 3.29. The van der Waals surface area contributed by atoms with E-state index in [-0.39, 0.29) is 5.71 Å². The van der Waals surface area contributed by atoms with Gasteiger partial charge in [0.2, 0.25) is 5.71 Å². The van der Waals surface area contributed by atoms with Gasteiger partial charge in [-0.3, -0.25) is 10.1 Å². The van der Waals surface area contributed by atoms with Gasteiger partial charge in [0.15, 0.2) is 0 Å². The van der Waals surface area contributed by atoms with Gasteiger partial charge in [0, 0.05) is 6.20 Å². The number of nitrogens with zero attached hydrogens (tertiary/aromatic N) is 5. The molecule has 7 heteroatoms. The minimum absolute atomic E-state index is 0.228. The van der Waals surface area contributed by atoms with E-state index in [2.05, 4.69) is 15.6 Å². The Morgan fingerprint density at radius 2 is 2.20 bits per heavy atom. The van der Waals surface area contributed by atoms with E-state index in [1.165, 1.54) is 0 Å². The lowest BCUT2D eigenvalue weighted by molar-refractivity contribution is 0.687. The lowest BCUT2D eigenvalue weighted by Gasteiger charge is -2.05. The molecule has 0 aliphatic rings. The van der Waals surface area contributed by atoms with Crippen LogP contribution < -0.4 is 5.43 Å². The van der Waals surface area contributed by atoms with Crippen LogP contribution in [0.15, 0.2) is 41.8 Å². The topological polar surface area (TPSA) is 89.8 Å². The molecule has 0 spiro atoms. The van der Waals surface area contributed by atoms with E-state index < -0.39 is 0 Å². The number of nitriles is 2. The summed E-state index contributed by atoms with van der Waals surface area (Å²) < 4.78 is 1.71. The number of hydrogen-bond acceptors (Lipinski definition) is 5. The van der Waals surface area contributed by atoms with Gasteiger partial charge in [-0.25, -0.2) is 0 Å². The van der Waals surface area contributed by atoms with E-state index in [4.69, 9.17) is 22.1 Å². The SMILES string of the molecule is N#CC(C#N)=NNc1cccc(Cn2cc(Cl)cn2)c1. The zero-order valence-corrected chi connectivity index (χ0v) is 11.0. The molecule has 2 aromatic rings. The Balaban J connectivity index is 2.11. The maximum Gasteiger partial charge on any atom is 0.237 e. The molecule has 0 unspecified atom stereocenters. The van der Waals surface area contributed by atoms with Crippen molar-refractivity contribution >= 4 is 23.0 Å². The van der Waals surface area contributed by atoms with Gasteiger partial charge in [-0.2, -0.15) is 20.7 Å². The standard InChI is InChI=1S/C13H9ClN6/c14-11-7-17-20(9-11)8-10-2-1-3-12(4-10)18-19-13(5-15)6-16/h1-4,7,9,18H,8H2. The molecule has 1 N–H and O–H groups in total. The Kier molecular flexibility index (Phi) is 4.33. The Morgan fingerprint density at radius 1 is 1.40 bits per heavy atom. The van der Waals surface area contributed by atoms with Crippen molar-refractivity contribution in [1.82, 2.24) is 9.78 Å². The highest BCUT2D eigenvalue weighted by Gasteiger charge is 2.00. The van der Waals surface area contributed by atoms with Gasteiger partial charge in [-0.15, -0.1) is 0 Å². The zero-order chi connectivity index (χ0) is 14.4. The second-order valence-corrected chi connectivity index (χ2v) is 4.29. The minimum atomic E-state index is -0.228. The van der Waals surface area contributed by atoms with Crippen molar-refractivity contribution in [3.63, 3.8) is 0 Å². The van der Waals surface area contributed by atoms with Crippen LogP contribution in [0.2, 0.25) is 5.02 Å². The predicted octanol–water partition coefficient (Wildman–Crippen LogP) is 2.40. The molecular formula is C13H9ClN6. The number of benzene rings is 1. The quantitative estimate of drug-likeness (QED) is 0.689. The number of rotatable bonds is 4. The largest absolute Gasteiger partial charge is 0.277 e. The highest BCUT2D eigenvalue weighted by molar-refractivity contribution is 6.30. The van der Waals surface area contributed by atoms with Gasteiger partial charge < -0.3 is 0 Å². The zero-order valence-electron chi connectivity index (χ0n) is 10.3. The normalized spacial score (nSPS) is 9.35. The van der Waals surface area contributed by atoms with Crippen molar-refractivity contribution in [3.8, 4) is 12.1 Å². The molecule has 1 aromatic carbocycles. The van der Waals surface area contributed by atoms with Gasteiger partial charge in [0.05, 0.1) is 23.5 Å². The summed E-state index contributed by atoms with van der Waals surface area (Å²) in [7, 11) is 0. The average Bonchev–Trinajstić information content (AvgIpc) is 2.86. The first-order valence-electron chi connectivity index (χ1n) is 5.62. The molecule has 0 aliphatic heterocycles. The van der Waals surface area contributed by atoms with Crippen LogP contribution in [-0.4, -0.2) is 15.5 Å². The lowest BCUT2D eigenvalue weighted by Crippen LogP contribution is -2.01. The molecule has 1 aromatic heterocycles. The first-order chi connectivity index (χ1) is 9.71. The third kappa shape index (κ3) is 3.58. The Morgan fingerprint density at radius 3 is 2.85 bits per heavy atom. The lowest BCUT2D eigenvalue weighted by atomic mass is 10.2. The average molecular weight is 285 g/mol. The van der Waals surface area contributed by atoms with E-state index in [0.29, 0.717) is 17.3 Å². The van der Waals surface area contributed by atoms with Crippen LogP contribution >= 0.6 is 11.6 Å². The Hall–Kier alpha value is -2.83. The smallest absolute Gasteiger partial charge is 0.237 e. The van der Waals surface area contributed by atoms with E-state index >= 15 is 0 Å². The molecule has 0 atom stereocenters. The molecular weight excluding hydrogens is 276 g/mol. The summed E-state index contributed by atoms with van der Waals surface area (Å²) in [4.78, 5) is 0. The van der Waals surface area contributed by atoms with Crippen LogP contribution in [0.25, 0.3) is 0 Å². The van der Waals surface area contributed by atoms with Gasteiger partial charge in [0.1, 0.15) is 12.1 Å². The van der Waals surface area contributed by atoms with Crippen molar-refractivity contribution < 1.29 is 0 Å². The van der Waals surface area contributed by atoms with Gasteiger partial charge in [-0.1, -0.05) is 23.7 Å². The molecule has 0 bridgehead atoms. The fourth-order valence-electron chi connectivity index (χ4n) is 1.55. The van der Waals surface area contributed by atoms with Crippen LogP contribution in [-0.2, 0) is 6.54 Å². The summed E-state index contributed by atoms with van der Waals surface area (Å²) >= 11 is 5.80. The Labute approximate surface area is 120 Å². The van der Waals surface area contributed by atoms with Crippen molar-refractivity contribution in [2.75, 3.05) is 5.43 Å². The second kappa shape index (κ2) is 6.37. The molecule has 0 fully saturated rings. The number of halogens is 1. The Bertz CT molecular complexity index is 703. The van der Waals surface area contributed by atoms with Crippen molar-refractivity contribution in [2.24, 2.45) is 5.10 Å². The summed E-state index contributed by atoms with van der Waals surface area (Å²) in [5, 5.41) is 25.5. The number of anilines is 1. The first-order valence-corrected chi connectivity index (χ1v) is 6.00. The van der Waals surface area contributed by atoms with Crippen molar-refractivity contribution in [3.05, 3.63) is 47.2 Å². The molecule has 0 saturated carbocycles. The summed E-state index contributed by atoms with van der Waals surface area (Å²) in [6, 6.07) is 10.8. The summed E-state index contributed by atoms with van der Waals surface area (Å²) in [5.41, 5.74) is 4.11. The second-order valence-electron chi connectivity index (χ2n) is 3.85. The summed E-state index contributed by atoms with van der Waals surface area (Å²) in [6.45, 7) is 0.565. The third-order valence-electron chi connectivity index (χ3n) is 2.38. The molecule has 20 heavy (non-hydrogen) atoms. The molecule has 0 aliphatic carbocycles. The van der Waals surface area contributed by atoms with E-state index in [0.717, 1.165) is 5.56 Å². The first kappa shape index (κ1) is 13.6. The molecule has 0 amide bonds. The predicted molar refractivity (Wildman–Crippen MR) is 75.1 cm³/mol. The minimum Gasteiger partial charge on any atom is -0.277 e. The highest BCUT2D eigenvalue weighted by Crippen LogP contribution is 2.13. The fraction of sp³-hybridized carbons (Fsp3) is 0.0769. The van der Waals surface area contributed by atoms with Gasteiger partial charge >= 0.3 is 0 Å². The number of aromatic nitrogens is 2. The van der Waals surface area contributed by atoms with Crippen LogP contribution in [0.5, 0.6) is 0 Å². The highest BCUT2D eigenvalue weighted by atomic mass is 35.5. The van der Waals surface area contributed by atoms with E-state index in [1.54, 1.807) is 35.3 Å². The number of hydrazone groups is 1. The number of nitrogens with one attached hydrogen (secondary N) is 1. The molecule has 0 saturated heterocycles. The van der Waals surface area contributed by atoms with Gasteiger partial charge in [0.25, 0.3) is 0 Å². The van der Waals surface area contributed by atoms with Crippen LogP contribution in [0.4, 0.5) is 5.69 Å². The van der Waals surface area contributed by atoms with Crippen LogP contribution in [0, 0.1) is 22.7 Å². The summed E-state index contributed by atoms with van der Waals surface area (Å²) in [5.74, 6) is 0. The van der Waals surface area contributed by atoms with Crippen molar-refractivity contribution in [1.29, 1.82) is 10.5 Å². The number of hydrogen-bond donors (Lipinski definition) is 1. The monoisotopic (exact) mass is 284 g/mol. The van der Waals surface area contributed by atoms with E-state index in [9.17, 15) is 0 Å². The third-order valence-corrected chi connectivity index (χ3v) is 2.58. The molecule has 1 heterocycles. The fourth-order valence-corrected chi connectivity index (χ4v) is 1.70. The maximum absolute atomic E-state index is 8.59. The molecule has 0 radical (unpaired) electrons. The van der Waals surface area contributed by atoms with E-state index in [1.807, 2.05) is 18.2 Å². The van der Waals surface area contributed by atoms with Gasteiger partial charge in [-0.05, 0) is 17.7 Å². The van der Waals surface area contributed by atoms with Crippen LogP contribution in [0.1, 0.15) is 5.56 Å². The maximum atomic E-state index is 8.59. The molecule has 2 rings (SSSR count). The molecule has 6 nitrogen and oxygen atoms in total. The van der Waals surface area contributed by atoms with Crippen LogP contribution in [0.3, 0.4) is 0 Å². The van der Waals surface area contributed by atoms with Crippen molar-refractivity contribution in [2.45, 2.75) is 6.54 Å². The molecule has 98 valence electrons.